The quantitative estimate of drug-likeness (QED) is 0.392. The monoisotopic (exact) mass is 454 g/mol. The van der Waals surface area contributed by atoms with Crippen LogP contribution in [0.3, 0.4) is 0 Å². The first-order valence-corrected chi connectivity index (χ1v) is 10.4. The Morgan fingerprint density at radius 1 is 1.16 bits per heavy atom. The summed E-state index contributed by atoms with van der Waals surface area (Å²) in [6.07, 6.45) is 1.29. The van der Waals surface area contributed by atoms with E-state index in [1.807, 2.05) is 0 Å². The van der Waals surface area contributed by atoms with Gasteiger partial charge in [0.25, 0.3) is 5.91 Å². The fraction of sp³-hybridized carbons (Fsp3) is 0.190. The Kier molecular flexibility index (Phi) is 5.82. The molecule has 9 nitrogen and oxygen atoms in total. The van der Waals surface area contributed by atoms with E-state index in [1.54, 1.807) is 42.9 Å². The van der Waals surface area contributed by atoms with E-state index in [9.17, 15) is 14.0 Å². The summed E-state index contributed by atoms with van der Waals surface area (Å²) in [5.41, 5.74) is 2.20. The number of carbonyl (C=O) groups is 2. The lowest BCUT2D eigenvalue weighted by molar-refractivity contribution is 0.0702. The van der Waals surface area contributed by atoms with Crippen molar-refractivity contribution in [3.63, 3.8) is 0 Å². The Morgan fingerprint density at radius 3 is 2.69 bits per heavy atom. The number of aromatic carboxylic acids is 1. The smallest absolute Gasteiger partial charge is 0.345 e. The van der Waals surface area contributed by atoms with Crippen molar-refractivity contribution in [2.24, 2.45) is 7.05 Å². The molecule has 4 aromatic rings. The van der Waals surface area contributed by atoms with Gasteiger partial charge in [-0.2, -0.15) is 5.10 Å². The summed E-state index contributed by atoms with van der Waals surface area (Å²) in [5.74, 6) is -1.11. The largest absolute Gasteiger partial charge is 0.477 e. The number of aryl methyl sites for hydroxylation is 2. The summed E-state index contributed by atoms with van der Waals surface area (Å²) >= 11 is 1.18. The van der Waals surface area contributed by atoms with Crippen molar-refractivity contribution in [2.45, 2.75) is 20.0 Å². The van der Waals surface area contributed by atoms with Crippen LogP contribution >= 0.6 is 11.3 Å². The Labute approximate surface area is 185 Å². The number of carboxylic acids is 1. The lowest BCUT2D eigenvalue weighted by Crippen LogP contribution is -2.24. The molecule has 3 heterocycles. The number of anilines is 1. The summed E-state index contributed by atoms with van der Waals surface area (Å²) in [6, 6.07) is 7.95. The molecular weight excluding hydrogens is 435 g/mol. The van der Waals surface area contributed by atoms with Gasteiger partial charge in [0.1, 0.15) is 28.1 Å². The number of rotatable bonds is 7. The number of aromatic nitrogens is 4. The molecule has 0 atom stereocenters. The molecule has 0 aliphatic rings. The zero-order valence-electron chi connectivity index (χ0n) is 17.2. The Balaban J connectivity index is 1.52. The van der Waals surface area contributed by atoms with Gasteiger partial charge in [0, 0.05) is 18.5 Å². The van der Waals surface area contributed by atoms with Crippen molar-refractivity contribution in [3.05, 3.63) is 69.1 Å². The predicted molar refractivity (Wildman–Crippen MR) is 117 cm³/mol. The number of halogens is 1. The van der Waals surface area contributed by atoms with Gasteiger partial charge >= 0.3 is 5.97 Å². The average molecular weight is 454 g/mol. The summed E-state index contributed by atoms with van der Waals surface area (Å²) < 4.78 is 15.0. The lowest BCUT2D eigenvalue weighted by Gasteiger charge is -2.07. The number of nitrogens with zero attached hydrogens (tertiary/aromatic N) is 4. The maximum atomic E-state index is 13.4. The average Bonchev–Trinajstić information content (AvgIpc) is 3.36. The molecule has 32 heavy (non-hydrogen) atoms. The van der Waals surface area contributed by atoms with Crippen LogP contribution in [0.25, 0.3) is 11.0 Å². The predicted octanol–water partition coefficient (Wildman–Crippen LogP) is 3.11. The number of nitrogens with one attached hydrogen (secondary N) is 2. The third kappa shape index (κ3) is 4.28. The van der Waals surface area contributed by atoms with Gasteiger partial charge in [-0.15, -0.1) is 11.3 Å². The summed E-state index contributed by atoms with van der Waals surface area (Å²) in [6.45, 7) is 2.26. The van der Waals surface area contributed by atoms with Gasteiger partial charge in [0.15, 0.2) is 11.5 Å². The zero-order chi connectivity index (χ0) is 22.8. The Bertz CT molecular complexity index is 1330. The van der Waals surface area contributed by atoms with Crippen LogP contribution in [-0.2, 0) is 20.1 Å². The minimum atomic E-state index is -0.966. The third-order valence-corrected chi connectivity index (χ3v) is 5.89. The molecule has 3 aromatic heterocycles. The summed E-state index contributed by atoms with van der Waals surface area (Å²) in [4.78, 5) is 33.3. The van der Waals surface area contributed by atoms with Crippen LogP contribution in [0.2, 0.25) is 0 Å². The van der Waals surface area contributed by atoms with E-state index in [0.29, 0.717) is 29.0 Å². The standard InChI is InChI=1S/C21H19FN6O3S/c1-11-7-12(3-5-14(11)22)8-24-20(29)18-16-17(25-10-26-18)19(28(2)27-16)23-9-13-4-6-15(32-13)21(30)31/h3-7,10,23H,8-9H2,1-2H3,(H,24,29)(H,30,31). The van der Waals surface area contributed by atoms with Crippen molar-refractivity contribution in [3.8, 4) is 0 Å². The maximum Gasteiger partial charge on any atom is 0.345 e. The first kappa shape index (κ1) is 21.4. The first-order valence-electron chi connectivity index (χ1n) is 9.60. The second-order valence-corrected chi connectivity index (χ2v) is 8.25. The van der Waals surface area contributed by atoms with Crippen molar-refractivity contribution in [2.75, 3.05) is 5.32 Å². The van der Waals surface area contributed by atoms with E-state index < -0.39 is 11.9 Å². The van der Waals surface area contributed by atoms with Crippen LogP contribution in [0.1, 0.15) is 36.2 Å². The van der Waals surface area contributed by atoms with E-state index in [0.717, 1.165) is 10.4 Å². The number of hydrogen-bond donors (Lipinski definition) is 3. The minimum Gasteiger partial charge on any atom is -0.477 e. The molecule has 0 fully saturated rings. The molecule has 3 N–H and O–H groups in total. The fourth-order valence-corrected chi connectivity index (χ4v) is 3.99. The van der Waals surface area contributed by atoms with Crippen molar-refractivity contribution >= 4 is 40.1 Å². The molecule has 0 spiro atoms. The first-order chi connectivity index (χ1) is 15.3. The van der Waals surface area contributed by atoms with Gasteiger partial charge in [0.05, 0.1) is 6.54 Å². The van der Waals surface area contributed by atoms with E-state index in [4.69, 9.17) is 5.11 Å². The molecule has 0 radical (unpaired) electrons. The number of carbonyl (C=O) groups excluding carboxylic acids is 1. The summed E-state index contributed by atoms with van der Waals surface area (Å²) in [7, 11) is 1.71. The van der Waals surface area contributed by atoms with Gasteiger partial charge in [0.2, 0.25) is 0 Å². The fourth-order valence-electron chi connectivity index (χ4n) is 3.21. The number of fused-ring (bicyclic) bond motifs is 1. The number of amides is 1. The molecule has 1 aromatic carbocycles. The van der Waals surface area contributed by atoms with Gasteiger partial charge in [-0.1, -0.05) is 12.1 Å². The normalized spacial score (nSPS) is 11.0. The van der Waals surface area contributed by atoms with Gasteiger partial charge < -0.3 is 15.7 Å². The minimum absolute atomic E-state index is 0.127. The van der Waals surface area contributed by atoms with Gasteiger partial charge in [-0.3, -0.25) is 9.48 Å². The second-order valence-electron chi connectivity index (χ2n) is 7.08. The highest BCUT2D eigenvalue weighted by atomic mass is 32.1. The highest BCUT2D eigenvalue weighted by Gasteiger charge is 2.19. The lowest BCUT2D eigenvalue weighted by atomic mass is 10.1. The second kappa shape index (κ2) is 8.71. The molecule has 1 amide bonds. The molecule has 4 rings (SSSR count). The van der Waals surface area contributed by atoms with E-state index in [2.05, 4.69) is 25.7 Å². The number of thiophene rings is 1. The van der Waals surface area contributed by atoms with Gasteiger partial charge in [-0.25, -0.2) is 19.2 Å². The van der Waals surface area contributed by atoms with Crippen LogP contribution in [0, 0.1) is 12.7 Å². The zero-order valence-corrected chi connectivity index (χ0v) is 18.0. The highest BCUT2D eigenvalue weighted by Crippen LogP contribution is 2.24. The molecule has 0 saturated heterocycles. The van der Waals surface area contributed by atoms with Crippen LogP contribution < -0.4 is 10.6 Å². The van der Waals surface area contributed by atoms with Crippen molar-refractivity contribution < 1.29 is 19.1 Å². The Morgan fingerprint density at radius 2 is 1.97 bits per heavy atom. The van der Waals surface area contributed by atoms with Crippen LogP contribution in [0.15, 0.2) is 36.7 Å². The van der Waals surface area contributed by atoms with Crippen LogP contribution in [0.5, 0.6) is 0 Å². The number of benzene rings is 1. The molecule has 0 saturated carbocycles. The third-order valence-electron chi connectivity index (χ3n) is 4.81. The highest BCUT2D eigenvalue weighted by molar-refractivity contribution is 7.13. The molecule has 0 bridgehead atoms. The van der Waals surface area contributed by atoms with Crippen LogP contribution in [0.4, 0.5) is 10.2 Å². The van der Waals surface area contributed by atoms with Crippen LogP contribution in [-0.4, -0.2) is 36.7 Å². The molecule has 0 aliphatic carbocycles. The Hall–Kier alpha value is -3.86. The SMILES string of the molecule is Cc1cc(CNC(=O)c2ncnc3c(NCc4ccc(C(=O)O)s4)n(C)nc23)ccc1F. The molecule has 164 valence electrons. The topological polar surface area (TPSA) is 122 Å². The number of hydrogen-bond acceptors (Lipinski definition) is 7. The molecule has 11 heteroatoms. The maximum absolute atomic E-state index is 13.4. The van der Waals surface area contributed by atoms with Gasteiger partial charge in [-0.05, 0) is 36.2 Å². The number of carboxylic acid groups (broad SMARTS) is 1. The van der Waals surface area contributed by atoms with E-state index in [-0.39, 0.29) is 22.9 Å². The van der Waals surface area contributed by atoms with Crippen molar-refractivity contribution in [1.29, 1.82) is 0 Å². The molecule has 0 unspecified atom stereocenters. The van der Waals surface area contributed by atoms with E-state index >= 15 is 0 Å². The molecule has 0 aliphatic heterocycles. The van der Waals surface area contributed by atoms with E-state index in [1.165, 1.54) is 23.7 Å². The van der Waals surface area contributed by atoms with Crippen molar-refractivity contribution in [1.82, 2.24) is 25.1 Å². The molecular formula is C21H19FN6O3S. The summed E-state index contributed by atoms with van der Waals surface area (Å²) in [5, 5.41) is 19.4.